The molecular weight excluding hydrogens is 306 g/mol. The highest BCUT2D eigenvalue weighted by molar-refractivity contribution is 9.10. The lowest BCUT2D eigenvalue weighted by Crippen LogP contribution is -2.18. The van der Waals surface area contributed by atoms with Crippen molar-refractivity contribution in [3.8, 4) is 5.82 Å². The van der Waals surface area contributed by atoms with Crippen LogP contribution in [0.15, 0.2) is 16.7 Å². The Labute approximate surface area is 120 Å². The highest BCUT2D eigenvalue weighted by Gasteiger charge is 2.21. The molecule has 0 unspecified atom stereocenters. The van der Waals surface area contributed by atoms with Crippen LogP contribution in [0.4, 0.5) is 0 Å². The van der Waals surface area contributed by atoms with Crippen molar-refractivity contribution in [2.24, 2.45) is 0 Å². The summed E-state index contributed by atoms with van der Waals surface area (Å²) in [6.45, 7) is 4.65. The molecule has 100 valence electrons. The first kappa shape index (κ1) is 12.7. The van der Waals surface area contributed by atoms with Gasteiger partial charge in [-0.15, -0.1) is 5.10 Å². The molecule has 1 saturated carbocycles. The van der Waals surface area contributed by atoms with Gasteiger partial charge in [0.2, 0.25) is 0 Å². The summed E-state index contributed by atoms with van der Waals surface area (Å²) in [4.78, 5) is 8.83. The smallest absolute Gasteiger partial charge is 0.160 e. The highest BCUT2D eigenvalue weighted by atomic mass is 79.9. The van der Waals surface area contributed by atoms with E-state index in [4.69, 9.17) is 0 Å². The Morgan fingerprint density at radius 3 is 2.84 bits per heavy atom. The van der Waals surface area contributed by atoms with Crippen molar-refractivity contribution in [1.82, 2.24) is 25.1 Å². The van der Waals surface area contributed by atoms with Gasteiger partial charge in [-0.3, -0.25) is 0 Å². The van der Waals surface area contributed by atoms with E-state index in [9.17, 15) is 0 Å². The quantitative estimate of drug-likeness (QED) is 0.938. The normalized spacial score (nSPS) is 14.9. The van der Waals surface area contributed by atoms with Gasteiger partial charge in [0.25, 0.3) is 0 Å². The van der Waals surface area contributed by atoms with Crippen molar-refractivity contribution in [3.63, 3.8) is 0 Å². The summed E-state index contributed by atoms with van der Waals surface area (Å²) in [6, 6.07) is 2.76. The molecule has 0 saturated heterocycles. The minimum Gasteiger partial charge on any atom is -0.310 e. The molecule has 1 N–H and O–H groups in total. The summed E-state index contributed by atoms with van der Waals surface area (Å²) in [6.07, 6.45) is 4.35. The van der Waals surface area contributed by atoms with E-state index >= 15 is 0 Å². The van der Waals surface area contributed by atoms with Gasteiger partial charge in [0.1, 0.15) is 11.6 Å². The van der Waals surface area contributed by atoms with Crippen LogP contribution in [0.25, 0.3) is 5.82 Å². The van der Waals surface area contributed by atoms with Crippen LogP contribution in [0.1, 0.15) is 30.1 Å². The molecule has 0 radical (unpaired) electrons. The van der Waals surface area contributed by atoms with E-state index in [2.05, 4.69) is 42.4 Å². The number of hydrogen-bond acceptors (Lipinski definition) is 4. The maximum atomic E-state index is 4.49. The fourth-order valence-electron chi connectivity index (χ4n) is 2.06. The third kappa shape index (κ3) is 2.84. The van der Waals surface area contributed by atoms with Crippen LogP contribution in [0.2, 0.25) is 0 Å². The summed E-state index contributed by atoms with van der Waals surface area (Å²) in [7, 11) is 0. The molecule has 0 atom stereocenters. The molecule has 2 aromatic heterocycles. The van der Waals surface area contributed by atoms with Gasteiger partial charge in [0.15, 0.2) is 5.82 Å². The van der Waals surface area contributed by atoms with Crippen LogP contribution in [-0.2, 0) is 6.54 Å². The van der Waals surface area contributed by atoms with Gasteiger partial charge >= 0.3 is 0 Å². The predicted octanol–water partition coefficient (Wildman–Crippen LogP) is 2.29. The Morgan fingerprint density at radius 1 is 1.42 bits per heavy atom. The van der Waals surface area contributed by atoms with E-state index < -0.39 is 0 Å². The molecule has 2 aromatic rings. The molecule has 1 aliphatic carbocycles. The molecule has 1 aliphatic rings. The number of aryl methyl sites for hydroxylation is 2. The monoisotopic (exact) mass is 321 g/mol. The SMILES string of the molecule is Cc1nc(C)n(-c2ncc(Br)cc2CNC2CC2)n1. The minimum absolute atomic E-state index is 0.672. The fourth-order valence-corrected chi connectivity index (χ4v) is 2.44. The molecule has 3 rings (SSSR count). The van der Waals surface area contributed by atoms with Crippen LogP contribution < -0.4 is 5.32 Å². The van der Waals surface area contributed by atoms with E-state index in [0.29, 0.717) is 6.04 Å². The molecule has 2 heterocycles. The highest BCUT2D eigenvalue weighted by Crippen LogP contribution is 2.22. The summed E-state index contributed by atoms with van der Waals surface area (Å²) in [5.41, 5.74) is 1.13. The zero-order chi connectivity index (χ0) is 13.4. The largest absolute Gasteiger partial charge is 0.310 e. The average Bonchev–Trinajstić information content (AvgIpc) is 3.12. The Hall–Kier alpha value is -1.27. The molecule has 19 heavy (non-hydrogen) atoms. The van der Waals surface area contributed by atoms with Gasteiger partial charge < -0.3 is 5.32 Å². The lowest BCUT2D eigenvalue weighted by atomic mass is 10.2. The standard InChI is InChI=1S/C13H16BrN5/c1-8-17-9(2)19(18-8)13-10(5-11(14)7-16-13)6-15-12-3-4-12/h5,7,12,15H,3-4,6H2,1-2H3. The van der Waals surface area contributed by atoms with Crippen molar-refractivity contribution in [3.05, 3.63) is 33.9 Å². The summed E-state index contributed by atoms with van der Waals surface area (Å²) in [5, 5.41) is 7.93. The number of hydrogen-bond donors (Lipinski definition) is 1. The summed E-state index contributed by atoms with van der Waals surface area (Å²) >= 11 is 3.48. The second-order valence-corrected chi connectivity index (χ2v) is 5.83. The average molecular weight is 322 g/mol. The molecule has 0 spiro atoms. The van der Waals surface area contributed by atoms with Crippen LogP contribution in [-0.4, -0.2) is 25.8 Å². The van der Waals surface area contributed by atoms with Crippen molar-refractivity contribution >= 4 is 15.9 Å². The van der Waals surface area contributed by atoms with Gasteiger partial charge in [-0.2, -0.15) is 4.68 Å². The maximum Gasteiger partial charge on any atom is 0.160 e. The van der Waals surface area contributed by atoms with Gasteiger partial charge in [-0.1, -0.05) is 0 Å². The van der Waals surface area contributed by atoms with Crippen LogP contribution in [0.3, 0.4) is 0 Å². The summed E-state index contributed by atoms with van der Waals surface area (Å²) in [5.74, 6) is 2.48. The van der Waals surface area contributed by atoms with Gasteiger partial charge in [-0.25, -0.2) is 9.97 Å². The molecule has 5 nitrogen and oxygen atoms in total. The van der Waals surface area contributed by atoms with Crippen LogP contribution >= 0.6 is 15.9 Å². The van der Waals surface area contributed by atoms with E-state index in [1.165, 1.54) is 12.8 Å². The van der Waals surface area contributed by atoms with Crippen molar-refractivity contribution in [2.45, 2.75) is 39.3 Å². The van der Waals surface area contributed by atoms with E-state index in [0.717, 1.165) is 34.0 Å². The van der Waals surface area contributed by atoms with Crippen molar-refractivity contribution < 1.29 is 0 Å². The Balaban J connectivity index is 1.96. The van der Waals surface area contributed by atoms with Crippen LogP contribution in [0, 0.1) is 13.8 Å². The van der Waals surface area contributed by atoms with Crippen LogP contribution in [0.5, 0.6) is 0 Å². The van der Waals surface area contributed by atoms with Crippen molar-refractivity contribution in [1.29, 1.82) is 0 Å². The first-order valence-corrected chi connectivity index (χ1v) is 7.21. The molecule has 6 heteroatoms. The minimum atomic E-state index is 0.672. The molecule has 0 bridgehead atoms. The second kappa shape index (κ2) is 5.02. The van der Waals surface area contributed by atoms with Gasteiger partial charge in [0, 0.05) is 28.8 Å². The zero-order valence-corrected chi connectivity index (χ0v) is 12.6. The second-order valence-electron chi connectivity index (χ2n) is 4.91. The number of nitrogens with zero attached hydrogens (tertiary/aromatic N) is 4. The first-order chi connectivity index (χ1) is 9.13. The van der Waals surface area contributed by atoms with E-state index in [1.54, 1.807) is 6.20 Å². The topological polar surface area (TPSA) is 55.6 Å². The molecule has 0 aliphatic heterocycles. The van der Waals surface area contributed by atoms with E-state index in [1.807, 2.05) is 18.5 Å². The number of pyridine rings is 1. The Kier molecular flexibility index (Phi) is 3.36. The summed E-state index contributed by atoms with van der Waals surface area (Å²) < 4.78 is 2.80. The predicted molar refractivity (Wildman–Crippen MR) is 76.2 cm³/mol. The number of halogens is 1. The lowest BCUT2D eigenvalue weighted by Gasteiger charge is -2.10. The van der Waals surface area contributed by atoms with Gasteiger partial charge in [-0.05, 0) is 48.7 Å². The zero-order valence-electron chi connectivity index (χ0n) is 11.0. The molecule has 0 amide bonds. The maximum absolute atomic E-state index is 4.49. The molecule has 1 fully saturated rings. The third-order valence-electron chi connectivity index (χ3n) is 3.14. The van der Waals surface area contributed by atoms with Crippen molar-refractivity contribution in [2.75, 3.05) is 0 Å². The Bertz CT molecular complexity index is 603. The third-order valence-corrected chi connectivity index (χ3v) is 3.58. The first-order valence-electron chi connectivity index (χ1n) is 6.42. The fraction of sp³-hybridized carbons (Fsp3) is 0.462. The lowest BCUT2D eigenvalue weighted by molar-refractivity contribution is 0.673. The number of aromatic nitrogens is 4. The number of nitrogens with one attached hydrogen (secondary N) is 1. The van der Waals surface area contributed by atoms with Gasteiger partial charge in [0.05, 0.1) is 0 Å². The molecule has 0 aromatic carbocycles. The Morgan fingerprint density at radius 2 is 2.21 bits per heavy atom. The molecular formula is C13H16BrN5. The van der Waals surface area contributed by atoms with E-state index in [-0.39, 0.29) is 0 Å². The number of rotatable bonds is 4.